The van der Waals surface area contributed by atoms with Gasteiger partial charge in [0.25, 0.3) is 0 Å². The fraction of sp³-hybridized carbons (Fsp3) is 0.833. The Morgan fingerprint density at radius 2 is 1.93 bits per heavy atom. The van der Waals surface area contributed by atoms with Crippen LogP contribution in [0.2, 0.25) is 0 Å². The minimum Gasteiger partial charge on any atom is -0.463 e. The quantitative estimate of drug-likeness (QED) is 0.246. The van der Waals surface area contributed by atoms with Crippen LogP contribution in [0, 0.1) is 11.8 Å². The Morgan fingerprint density at radius 1 is 1.24 bits per heavy atom. The molecular formula is C24H42O5. The van der Waals surface area contributed by atoms with Gasteiger partial charge in [-0.05, 0) is 46.5 Å². The lowest BCUT2D eigenvalue weighted by Crippen LogP contribution is -2.23. The molecular weight excluding hydrogens is 368 g/mol. The van der Waals surface area contributed by atoms with Gasteiger partial charge in [-0.2, -0.15) is 0 Å². The van der Waals surface area contributed by atoms with Crippen molar-refractivity contribution in [2.75, 3.05) is 0 Å². The fourth-order valence-corrected chi connectivity index (χ4v) is 4.04. The van der Waals surface area contributed by atoms with Gasteiger partial charge in [-0.3, -0.25) is 9.59 Å². The molecule has 5 nitrogen and oxygen atoms in total. The van der Waals surface area contributed by atoms with Crippen molar-refractivity contribution >= 4 is 11.8 Å². The van der Waals surface area contributed by atoms with Gasteiger partial charge < -0.3 is 14.9 Å². The highest BCUT2D eigenvalue weighted by molar-refractivity contribution is 5.84. The Kier molecular flexibility index (Phi) is 11.7. The first kappa shape index (κ1) is 25.8. The van der Waals surface area contributed by atoms with Crippen LogP contribution in [0.4, 0.5) is 0 Å². The smallest absolute Gasteiger partial charge is 0.306 e. The Bertz CT molecular complexity index is 523. The van der Waals surface area contributed by atoms with E-state index >= 15 is 0 Å². The summed E-state index contributed by atoms with van der Waals surface area (Å²) in [5.41, 5.74) is -0.730. The first-order valence-corrected chi connectivity index (χ1v) is 11.5. The predicted molar refractivity (Wildman–Crippen MR) is 115 cm³/mol. The molecule has 0 aromatic heterocycles. The highest BCUT2D eigenvalue weighted by Gasteiger charge is 2.39. The van der Waals surface area contributed by atoms with E-state index in [4.69, 9.17) is 4.74 Å². The maximum Gasteiger partial charge on any atom is 0.306 e. The van der Waals surface area contributed by atoms with E-state index in [1.54, 1.807) is 0 Å². The van der Waals surface area contributed by atoms with E-state index < -0.39 is 11.7 Å². The Labute approximate surface area is 176 Å². The molecule has 168 valence electrons. The molecule has 2 N–H and O–H groups in total. The first-order valence-electron chi connectivity index (χ1n) is 11.5. The minimum absolute atomic E-state index is 0.0670. The second kappa shape index (κ2) is 13.2. The van der Waals surface area contributed by atoms with Crippen LogP contribution < -0.4 is 0 Å². The third-order valence-corrected chi connectivity index (χ3v) is 5.73. The summed E-state index contributed by atoms with van der Waals surface area (Å²) in [6, 6.07) is 0. The second-order valence-electron chi connectivity index (χ2n) is 9.15. The van der Waals surface area contributed by atoms with Gasteiger partial charge >= 0.3 is 5.97 Å². The molecule has 1 aliphatic carbocycles. The lowest BCUT2D eigenvalue weighted by Gasteiger charge is -2.22. The van der Waals surface area contributed by atoms with Gasteiger partial charge in [-0.1, -0.05) is 51.2 Å². The van der Waals surface area contributed by atoms with Crippen LogP contribution in [0.3, 0.4) is 0 Å². The Morgan fingerprint density at radius 3 is 2.59 bits per heavy atom. The van der Waals surface area contributed by atoms with E-state index in [-0.39, 0.29) is 36.1 Å². The molecule has 1 saturated carbocycles. The Hall–Kier alpha value is -1.20. The average molecular weight is 411 g/mol. The SMILES string of the molecule is CCCCC(C)(O)CC=C[C@H]1[C@H](O)CC(=O)[C@@H]1CCCCCCC(=O)OC(C)C. The normalized spacial score (nSPS) is 24.4. The highest BCUT2D eigenvalue weighted by atomic mass is 16.5. The van der Waals surface area contributed by atoms with Gasteiger partial charge in [0.1, 0.15) is 5.78 Å². The second-order valence-corrected chi connectivity index (χ2v) is 9.15. The summed E-state index contributed by atoms with van der Waals surface area (Å²) < 4.78 is 5.12. The van der Waals surface area contributed by atoms with Crippen LogP contribution in [0.15, 0.2) is 12.2 Å². The molecule has 5 heteroatoms. The number of hydrogen-bond donors (Lipinski definition) is 2. The largest absolute Gasteiger partial charge is 0.463 e. The summed E-state index contributed by atoms with van der Waals surface area (Å²) >= 11 is 0. The summed E-state index contributed by atoms with van der Waals surface area (Å²) in [5, 5.41) is 20.7. The zero-order valence-electron chi connectivity index (χ0n) is 18.9. The fourth-order valence-electron chi connectivity index (χ4n) is 4.04. The van der Waals surface area contributed by atoms with E-state index in [1.165, 1.54) is 0 Å². The standard InChI is InChI=1S/C24H42O5/c1-5-6-15-24(4,28)16-11-13-20-19(21(25)17-22(20)26)12-9-7-8-10-14-23(27)29-18(2)3/h11,13,18-20,22,26,28H,5-10,12,14-17H2,1-4H3/t19-,20-,22-,24?/m1/s1. The molecule has 0 radical (unpaired) electrons. The average Bonchev–Trinajstić information content (AvgIpc) is 2.89. The number of carbonyl (C=O) groups is 2. The topological polar surface area (TPSA) is 83.8 Å². The molecule has 0 spiro atoms. The summed E-state index contributed by atoms with van der Waals surface area (Å²) in [7, 11) is 0. The number of ketones is 1. The van der Waals surface area contributed by atoms with Crippen LogP contribution in [0.25, 0.3) is 0 Å². The summed E-state index contributed by atoms with van der Waals surface area (Å²) in [6.45, 7) is 7.65. The zero-order valence-corrected chi connectivity index (χ0v) is 18.9. The molecule has 0 aromatic rings. The number of esters is 1. The van der Waals surface area contributed by atoms with Crippen molar-refractivity contribution in [3.05, 3.63) is 12.2 Å². The lowest BCUT2D eigenvalue weighted by molar-refractivity contribution is -0.147. The van der Waals surface area contributed by atoms with Gasteiger partial charge in [-0.15, -0.1) is 0 Å². The molecule has 4 atom stereocenters. The van der Waals surface area contributed by atoms with Gasteiger partial charge in [0, 0.05) is 24.7 Å². The minimum atomic E-state index is -0.730. The number of unbranched alkanes of at least 4 members (excludes halogenated alkanes) is 4. The molecule has 0 aliphatic heterocycles. The monoisotopic (exact) mass is 410 g/mol. The molecule has 1 unspecified atom stereocenters. The zero-order chi connectivity index (χ0) is 21.9. The van der Waals surface area contributed by atoms with E-state index in [0.717, 1.165) is 51.4 Å². The van der Waals surface area contributed by atoms with Crippen LogP contribution in [0.5, 0.6) is 0 Å². The predicted octanol–water partition coefficient (Wildman–Crippen LogP) is 4.73. The Balaban J connectivity index is 2.38. The number of hydrogen-bond acceptors (Lipinski definition) is 5. The van der Waals surface area contributed by atoms with Gasteiger partial charge in [0.05, 0.1) is 17.8 Å². The molecule has 1 aliphatic rings. The van der Waals surface area contributed by atoms with Gasteiger partial charge in [-0.25, -0.2) is 0 Å². The molecule has 0 aromatic carbocycles. The molecule has 0 saturated heterocycles. The van der Waals surface area contributed by atoms with Crippen LogP contribution in [-0.4, -0.2) is 39.8 Å². The molecule has 0 amide bonds. The maximum atomic E-state index is 12.3. The van der Waals surface area contributed by atoms with E-state index in [2.05, 4.69) is 6.92 Å². The number of aliphatic hydroxyl groups is 2. The molecule has 0 heterocycles. The van der Waals surface area contributed by atoms with Crippen LogP contribution >= 0.6 is 0 Å². The molecule has 0 bridgehead atoms. The number of Topliss-reactive ketones (excluding diaryl/α,β-unsaturated/α-hetero) is 1. The van der Waals surface area contributed by atoms with Crippen LogP contribution in [-0.2, 0) is 14.3 Å². The number of aliphatic hydroxyl groups excluding tert-OH is 1. The number of ether oxygens (including phenoxy) is 1. The lowest BCUT2D eigenvalue weighted by atomic mass is 9.87. The summed E-state index contributed by atoms with van der Waals surface area (Å²) in [4.78, 5) is 23.8. The van der Waals surface area contributed by atoms with Crippen molar-refractivity contribution < 1.29 is 24.5 Å². The van der Waals surface area contributed by atoms with Crippen molar-refractivity contribution in [1.29, 1.82) is 0 Å². The van der Waals surface area contributed by atoms with Crippen molar-refractivity contribution in [3.63, 3.8) is 0 Å². The third kappa shape index (κ3) is 10.4. The van der Waals surface area contributed by atoms with E-state index in [9.17, 15) is 19.8 Å². The van der Waals surface area contributed by atoms with E-state index in [0.29, 0.717) is 12.8 Å². The van der Waals surface area contributed by atoms with Crippen molar-refractivity contribution in [3.8, 4) is 0 Å². The maximum absolute atomic E-state index is 12.3. The van der Waals surface area contributed by atoms with E-state index in [1.807, 2.05) is 32.9 Å². The number of carbonyl (C=O) groups excluding carboxylic acids is 2. The van der Waals surface area contributed by atoms with Gasteiger partial charge in [0.2, 0.25) is 0 Å². The third-order valence-electron chi connectivity index (χ3n) is 5.73. The highest BCUT2D eigenvalue weighted by Crippen LogP contribution is 2.34. The summed E-state index contributed by atoms with van der Waals surface area (Å²) in [5.74, 6) is -0.280. The molecule has 1 rings (SSSR count). The molecule has 1 fully saturated rings. The summed E-state index contributed by atoms with van der Waals surface area (Å²) in [6.07, 6.45) is 11.6. The molecule has 29 heavy (non-hydrogen) atoms. The number of rotatable bonds is 14. The van der Waals surface area contributed by atoms with Crippen molar-refractivity contribution in [2.45, 2.75) is 116 Å². The van der Waals surface area contributed by atoms with Crippen molar-refractivity contribution in [2.24, 2.45) is 11.8 Å². The van der Waals surface area contributed by atoms with Crippen LogP contribution in [0.1, 0.15) is 98.3 Å². The van der Waals surface area contributed by atoms with Gasteiger partial charge in [0.15, 0.2) is 0 Å². The van der Waals surface area contributed by atoms with Crippen molar-refractivity contribution in [1.82, 2.24) is 0 Å². The first-order chi connectivity index (χ1) is 13.7.